The summed E-state index contributed by atoms with van der Waals surface area (Å²) in [6, 6.07) is 28.1. The molecule has 0 atom stereocenters. The van der Waals surface area contributed by atoms with E-state index in [9.17, 15) is 21.6 Å². The predicted octanol–water partition coefficient (Wildman–Crippen LogP) is 6.95. The van der Waals surface area contributed by atoms with Crippen molar-refractivity contribution in [2.24, 2.45) is 11.5 Å². The molecule has 11 heteroatoms. The maximum absolute atomic E-state index is 14.1. The van der Waals surface area contributed by atoms with Gasteiger partial charge < -0.3 is 11.5 Å². The minimum absolute atomic E-state index is 0.103. The number of halogens is 3. The maximum atomic E-state index is 14.1. The van der Waals surface area contributed by atoms with Crippen molar-refractivity contribution >= 4 is 43.5 Å². The molecule has 1 aromatic heterocycles. The van der Waals surface area contributed by atoms with Gasteiger partial charge in [0.1, 0.15) is 11.7 Å². The number of fused-ring (bicyclic) bond motifs is 3. The number of hydrogen-bond acceptors (Lipinski definition) is 4. The number of amidine groups is 2. The lowest BCUT2D eigenvalue weighted by atomic mass is 9.98. The Morgan fingerprint density at radius 2 is 1.07 bits per heavy atom. The smallest absolute Gasteiger partial charge is 0.384 e. The molecule has 1 heterocycles. The van der Waals surface area contributed by atoms with Crippen molar-refractivity contribution in [2.75, 3.05) is 0 Å². The molecule has 0 aliphatic heterocycles. The van der Waals surface area contributed by atoms with Crippen LogP contribution in [-0.4, -0.2) is 24.1 Å². The third-order valence-electron chi connectivity index (χ3n) is 7.43. The second-order valence-electron chi connectivity index (χ2n) is 10.2. The Balaban J connectivity index is 1.64. The molecule has 0 aliphatic rings. The number of nitrogens with one attached hydrogen (secondary N) is 2. The van der Waals surface area contributed by atoms with Gasteiger partial charge in [-0.25, -0.2) is 12.4 Å². The van der Waals surface area contributed by atoms with Crippen LogP contribution in [0.2, 0.25) is 0 Å². The molecule has 0 saturated heterocycles. The van der Waals surface area contributed by atoms with Gasteiger partial charge in [-0.15, -0.1) is 0 Å². The second-order valence-corrected chi connectivity index (χ2v) is 12.0. The molecular weight excluding hydrogens is 587 g/mol. The SMILES string of the molecule is N=C(N)c1cccc(-c2ccc3c(c2)c2cc(-c4cccc(C(=N)N)c4)ccc2n3S(=O)(=O)c2cccc(C(F)(F)F)c2)c1. The van der Waals surface area contributed by atoms with Gasteiger partial charge in [0.2, 0.25) is 0 Å². The molecule has 44 heavy (non-hydrogen) atoms. The fourth-order valence-corrected chi connectivity index (χ4v) is 6.85. The summed E-state index contributed by atoms with van der Waals surface area (Å²) in [5.74, 6) is -0.205. The Labute approximate surface area is 250 Å². The maximum Gasteiger partial charge on any atom is 0.416 e. The van der Waals surface area contributed by atoms with E-state index in [1.807, 2.05) is 24.3 Å². The van der Waals surface area contributed by atoms with Crippen molar-refractivity contribution in [3.05, 3.63) is 126 Å². The van der Waals surface area contributed by atoms with E-state index in [-0.39, 0.29) is 22.7 Å². The molecular formula is C33H24F3N5O2S. The summed E-state index contributed by atoms with van der Waals surface area (Å²) in [5.41, 5.74) is 14.8. The number of hydrogen-bond donors (Lipinski definition) is 4. The standard InChI is InChI=1S/C33H24F3N5O2S/c34-33(35,36)25-8-3-9-26(18-25)44(42,43)41-29-12-10-21(19-4-1-6-23(14-19)31(37)38)16-27(29)28-17-22(11-13-30(28)41)20-5-2-7-24(15-20)32(39)40/h1-18H,(H3,37,38)(H3,39,40). The lowest BCUT2D eigenvalue weighted by molar-refractivity contribution is -0.137. The van der Waals surface area contributed by atoms with Crippen molar-refractivity contribution < 1.29 is 21.6 Å². The highest BCUT2D eigenvalue weighted by Crippen LogP contribution is 2.38. The predicted molar refractivity (Wildman–Crippen MR) is 166 cm³/mol. The molecule has 6 rings (SSSR count). The van der Waals surface area contributed by atoms with Crippen molar-refractivity contribution in [3.8, 4) is 22.3 Å². The van der Waals surface area contributed by atoms with Gasteiger partial charge in [0.15, 0.2) is 0 Å². The minimum atomic E-state index is -4.72. The monoisotopic (exact) mass is 611 g/mol. The Bertz CT molecular complexity index is 2140. The van der Waals surface area contributed by atoms with Gasteiger partial charge in [0, 0.05) is 21.9 Å². The third-order valence-corrected chi connectivity index (χ3v) is 9.16. The van der Waals surface area contributed by atoms with Gasteiger partial charge in [-0.05, 0) is 76.9 Å². The average Bonchev–Trinajstić information content (AvgIpc) is 3.34. The number of nitrogens with two attached hydrogens (primary N) is 2. The quantitative estimate of drug-likeness (QED) is 0.120. The summed E-state index contributed by atoms with van der Waals surface area (Å²) >= 11 is 0. The van der Waals surface area contributed by atoms with Crippen LogP contribution in [0.25, 0.3) is 44.1 Å². The van der Waals surface area contributed by atoms with Gasteiger partial charge in [0.25, 0.3) is 10.0 Å². The van der Waals surface area contributed by atoms with E-state index in [1.165, 1.54) is 0 Å². The highest BCUT2D eigenvalue weighted by molar-refractivity contribution is 7.90. The molecule has 0 spiro atoms. The van der Waals surface area contributed by atoms with Gasteiger partial charge in [0.05, 0.1) is 21.5 Å². The second kappa shape index (κ2) is 10.4. The zero-order valence-corrected chi connectivity index (χ0v) is 23.7. The van der Waals surface area contributed by atoms with Crippen molar-refractivity contribution in [2.45, 2.75) is 11.1 Å². The number of nitrogen functional groups attached to an aromatic ring is 2. The first-order valence-electron chi connectivity index (χ1n) is 13.3. The van der Waals surface area contributed by atoms with E-state index in [0.717, 1.165) is 44.4 Å². The number of nitrogens with zero attached hydrogens (tertiary/aromatic N) is 1. The molecule has 220 valence electrons. The van der Waals surface area contributed by atoms with Crippen LogP contribution in [0.1, 0.15) is 16.7 Å². The molecule has 0 aliphatic carbocycles. The first kappa shape index (κ1) is 28.7. The van der Waals surface area contributed by atoms with Gasteiger partial charge >= 0.3 is 6.18 Å². The third kappa shape index (κ3) is 4.96. The topological polar surface area (TPSA) is 139 Å². The number of rotatable bonds is 6. The summed E-state index contributed by atoms with van der Waals surface area (Å²) < 4.78 is 69.8. The zero-order chi connectivity index (χ0) is 31.4. The van der Waals surface area contributed by atoms with Gasteiger partial charge in [-0.2, -0.15) is 13.2 Å². The van der Waals surface area contributed by atoms with Crippen LogP contribution in [-0.2, 0) is 16.2 Å². The van der Waals surface area contributed by atoms with Crippen LogP contribution in [0.3, 0.4) is 0 Å². The summed E-state index contributed by atoms with van der Waals surface area (Å²) in [5, 5.41) is 16.7. The van der Waals surface area contributed by atoms with Gasteiger partial charge in [-0.3, -0.25) is 10.8 Å². The molecule has 6 aromatic rings. The molecule has 7 nitrogen and oxygen atoms in total. The molecule has 5 aromatic carbocycles. The van der Waals surface area contributed by atoms with E-state index in [4.69, 9.17) is 22.3 Å². The first-order valence-corrected chi connectivity index (χ1v) is 14.7. The van der Waals surface area contributed by atoms with Crippen LogP contribution in [0.15, 0.2) is 114 Å². The summed E-state index contributed by atoms with van der Waals surface area (Å²) in [6.45, 7) is 0. The molecule has 6 N–H and O–H groups in total. The van der Waals surface area contributed by atoms with E-state index in [0.29, 0.717) is 28.0 Å². The molecule has 0 unspecified atom stereocenters. The zero-order valence-electron chi connectivity index (χ0n) is 22.9. The molecule has 0 saturated carbocycles. The lowest BCUT2D eigenvalue weighted by Crippen LogP contribution is -2.14. The van der Waals surface area contributed by atoms with E-state index < -0.39 is 26.7 Å². The fraction of sp³-hybridized carbons (Fsp3) is 0.0303. The van der Waals surface area contributed by atoms with Crippen LogP contribution >= 0.6 is 0 Å². The van der Waals surface area contributed by atoms with Crippen LogP contribution in [0.4, 0.5) is 13.2 Å². The normalized spacial score (nSPS) is 12.1. The van der Waals surface area contributed by atoms with Gasteiger partial charge in [-0.1, -0.05) is 54.6 Å². The molecule has 0 bridgehead atoms. The summed E-state index contributed by atoms with van der Waals surface area (Å²) in [4.78, 5) is -0.498. The Kier molecular flexibility index (Phi) is 6.77. The van der Waals surface area contributed by atoms with Crippen molar-refractivity contribution in [3.63, 3.8) is 0 Å². The number of alkyl halides is 3. The number of benzene rings is 5. The van der Waals surface area contributed by atoms with Crippen molar-refractivity contribution in [1.29, 1.82) is 10.8 Å². The van der Waals surface area contributed by atoms with E-state index in [1.54, 1.807) is 60.7 Å². The summed E-state index contributed by atoms with van der Waals surface area (Å²) in [6.07, 6.45) is -4.72. The number of aromatic nitrogens is 1. The van der Waals surface area contributed by atoms with Crippen LogP contribution in [0, 0.1) is 10.8 Å². The summed E-state index contributed by atoms with van der Waals surface area (Å²) in [7, 11) is -4.50. The van der Waals surface area contributed by atoms with E-state index >= 15 is 0 Å². The fourth-order valence-electron chi connectivity index (χ4n) is 5.28. The molecule has 0 fully saturated rings. The first-order chi connectivity index (χ1) is 20.8. The highest BCUT2D eigenvalue weighted by atomic mass is 32.2. The minimum Gasteiger partial charge on any atom is -0.384 e. The lowest BCUT2D eigenvalue weighted by Gasteiger charge is -2.12. The van der Waals surface area contributed by atoms with Crippen molar-refractivity contribution in [1.82, 2.24) is 3.97 Å². The average molecular weight is 612 g/mol. The Hall–Kier alpha value is -5.42. The highest BCUT2D eigenvalue weighted by Gasteiger charge is 2.32. The molecule has 0 radical (unpaired) electrons. The molecule has 0 amide bonds. The van der Waals surface area contributed by atoms with Crippen LogP contribution in [0.5, 0.6) is 0 Å². The Morgan fingerprint density at radius 3 is 1.52 bits per heavy atom. The van der Waals surface area contributed by atoms with Crippen LogP contribution < -0.4 is 11.5 Å². The Morgan fingerprint density at radius 1 is 0.614 bits per heavy atom. The van der Waals surface area contributed by atoms with E-state index in [2.05, 4.69) is 0 Å². The largest absolute Gasteiger partial charge is 0.416 e.